The Morgan fingerprint density at radius 2 is 2.25 bits per heavy atom. The lowest BCUT2D eigenvalue weighted by molar-refractivity contribution is -0.137. The van der Waals surface area contributed by atoms with Crippen molar-refractivity contribution >= 4 is 5.82 Å². The Labute approximate surface area is 91.1 Å². The van der Waals surface area contributed by atoms with Crippen LogP contribution in [0, 0.1) is 0 Å². The van der Waals surface area contributed by atoms with E-state index < -0.39 is 11.7 Å². The van der Waals surface area contributed by atoms with Crippen molar-refractivity contribution in [3.63, 3.8) is 0 Å². The highest BCUT2D eigenvalue weighted by Crippen LogP contribution is 2.30. The highest BCUT2D eigenvalue weighted by atomic mass is 19.4. The van der Waals surface area contributed by atoms with E-state index in [1.807, 2.05) is 0 Å². The first-order chi connectivity index (χ1) is 7.55. The van der Waals surface area contributed by atoms with Crippen LogP contribution in [0.4, 0.5) is 19.0 Å². The monoisotopic (exact) mass is 231 g/mol. The zero-order chi connectivity index (χ0) is 11.6. The molecule has 0 radical (unpaired) electrons. The molecule has 0 bridgehead atoms. The predicted octanol–water partition coefficient (Wildman–Crippen LogP) is 1.87. The highest BCUT2D eigenvalue weighted by molar-refractivity contribution is 5.39. The van der Waals surface area contributed by atoms with Gasteiger partial charge in [0.2, 0.25) is 0 Å². The minimum absolute atomic E-state index is 0.163. The normalized spacial score (nSPS) is 21.1. The lowest BCUT2D eigenvalue weighted by Gasteiger charge is -2.13. The second-order valence-electron chi connectivity index (χ2n) is 3.76. The molecule has 1 aromatic rings. The number of halogens is 3. The molecule has 0 amide bonds. The summed E-state index contributed by atoms with van der Waals surface area (Å²) in [7, 11) is 0. The first kappa shape index (κ1) is 11.2. The van der Waals surface area contributed by atoms with Crippen LogP contribution in [0.5, 0.6) is 0 Å². The van der Waals surface area contributed by atoms with Gasteiger partial charge in [0.15, 0.2) is 0 Å². The van der Waals surface area contributed by atoms with Crippen LogP contribution in [0.2, 0.25) is 0 Å². The molecule has 1 fully saturated rings. The summed E-state index contributed by atoms with van der Waals surface area (Å²) in [5, 5.41) is 6.10. The third-order valence-corrected chi connectivity index (χ3v) is 2.50. The number of alkyl halides is 3. The van der Waals surface area contributed by atoms with Gasteiger partial charge in [-0.05, 0) is 25.1 Å². The average molecular weight is 231 g/mol. The van der Waals surface area contributed by atoms with Crippen molar-refractivity contribution in [3.8, 4) is 0 Å². The average Bonchev–Trinajstić information content (AvgIpc) is 2.70. The molecule has 0 spiro atoms. The lowest BCUT2D eigenvalue weighted by atomic mass is 10.2. The number of pyridine rings is 1. The van der Waals surface area contributed by atoms with Gasteiger partial charge in [0, 0.05) is 18.8 Å². The summed E-state index contributed by atoms with van der Waals surface area (Å²) in [5.41, 5.74) is -0.670. The molecule has 1 atom stereocenters. The van der Waals surface area contributed by atoms with Gasteiger partial charge in [-0.3, -0.25) is 0 Å². The third-order valence-electron chi connectivity index (χ3n) is 2.50. The molecular weight excluding hydrogens is 219 g/mol. The molecule has 2 rings (SSSR count). The number of anilines is 1. The highest BCUT2D eigenvalue weighted by Gasteiger charge is 2.30. The van der Waals surface area contributed by atoms with Crippen LogP contribution < -0.4 is 10.6 Å². The van der Waals surface area contributed by atoms with Crippen molar-refractivity contribution in [2.45, 2.75) is 18.6 Å². The number of rotatable bonds is 2. The topological polar surface area (TPSA) is 37.0 Å². The summed E-state index contributed by atoms with van der Waals surface area (Å²) in [4.78, 5) is 3.88. The SMILES string of the molecule is FC(F)(F)c1ccnc(N[C@H]2CCNC2)c1. The summed E-state index contributed by atoms with van der Waals surface area (Å²) in [6.07, 6.45) is -2.24. The van der Waals surface area contributed by atoms with Crippen LogP contribution >= 0.6 is 0 Å². The largest absolute Gasteiger partial charge is 0.416 e. The quantitative estimate of drug-likeness (QED) is 0.816. The van der Waals surface area contributed by atoms with E-state index in [1.54, 1.807) is 0 Å². The van der Waals surface area contributed by atoms with E-state index in [0.717, 1.165) is 31.6 Å². The number of aromatic nitrogens is 1. The zero-order valence-corrected chi connectivity index (χ0v) is 8.51. The van der Waals surface area contributed by atoms with Gasteiger partial charge >= 0.3 is 6.18 Å². The molecule has 1 aliphatic heterocycles. The molecule has 1 aromatic heterocycles. The second kappa shape index (κ2) is 4.29. The van der Waals surface area contributed by atoms with Crippen molar-refractivity contribution in [3.05, 3.63) is 23.9 Å². The van der Waals surface area contributed by atoms with E-state index in [2.05, 4.69) is 15.6 Å². The summed E-state index contributed by atoms with van der Waals surface area (Å²) < 4.78 is 37.2. The Kier molecular flexibility index (Phi) is 3.00. The Bertz CT molecular complexity index is 359. The molecular formula is C10H12F3N3. The lowest BCUT2D eigenvalue weighted by Crippen LogP contribution is -2.23. The van der Waals surface area contributed by atoms with Crippen molar-refractivity contribution < 1.29 is 13.2 Å². The van der Waals surface area contributed by atoms with Crippen LogP contribution in [-0.4, -0.2) is 24.1 Å². The van der Waals surface area contributed by atoms with Crippen LogP contribution in [0.15, 0.2) is 18.3 Å². The summed E-state index contributed by atoms with van der Waals surface area (Å²) in [6.45, 7) is 1.65. The Morgan fingerprint density at radius 1 is 1.44 bits per heavy atom. The second-order valence-corrected chi connectivity index (χ2v) is 3.76. The number of nitrogens with one attached hydrogen (secondary N) is 2. The molecule has 16 heavy (non-hydrogen) atoms. The van der Waals surface area contributed by atoms with Gasteiger partial charge in [0.05, 0.1) is 5.56 Å². The van der Waals surface area contributed by atoms with Gasteiger partial charge in [-0.1, -0.05) is 0 Å². The molecule has 0 saturated carbocycles. The van der Waals surface area contributed by atoms with Crippen molar-refractivity contribution in [1.29, 1.82) is 0 Å². The van der Waals surface area contributed by atoms with Crippen LogP contribution in [0.25, 0.3) is 0 Å². The fraction of sp³-hybridized carbons (Fsp3) is 0.500. The fourth-order valence-corrected chi connectivity index (χ4v) is 1.67. The standard InChI is InChI=1S/C10H12F3N3/c11-10(12,13)7-1-4-15-9(5-7)16-8-2-3-14-6-8/h1,4-5,8,14H,2-3,6H2,(H,15,16)/t8-/m0/s1. The summed E-state index contributed by atoms with van der Waals surface area (Å²) in [6, 6.07) is 2.17. The maximum Gasteiger partial charge on any atom is 0.416 e. The minimum Gasteiger partial charge on any atom is -0.366 e. The van der Waals surface area contributed by atoms with E-state index in [0.29, 0.717) is 0 Å². The number of nitrogens with zero attached hydrogens (tertiary/aromatic N) is 1. The molecule has 0 aliphatic carbocycles. The minimum atomic E-state index is -4.31. The van der Waals surface area contributed by atoms with Gasteiger partial charge in [-0.15, -0.1) is 0 Å². The molecule has 2 heterocycles. The number of hydrogen-bond donors (Lipinski definition) is 2. The van der Waals surface area contributed by atoms with Gasteiger partial charge in [0.1, 0.15) is 5.82 Å². The predicted molar refractivity (Wildman–Crippen MR) is 54.1 cm³/mol. The Morgan fingerprint density at radius 3 is 2.88 bits per heavy atom. The Hall–Kier alpha value is -1.30. The maximum absolute atomic E-state index is 12.4. The van der Waals surface area contributed by atoms with E-state index in [4.69, 9.17) is 0 Å². The number of hydrogen-bond acceptors (Lipinski definition) is 3. The van der Waals surface area contributed by atoms with Crippen molar-refractivity contribution in [2.24, 2.45) is 0 Å². The molecule has 1 aliphatic rings. The molecule has 88 valence electrons. The van der Waals surface area contributed by atoms with Gasteiger partial charge in [0.25, 0.3) is 0 Å². The third kappa shape index (κ3) is 2.63. The first-order valence-corrected chi connectivity index (χ1v) is 5.06. The molecule has 2 N–H and O–H groups in total. The van der Waals surface area contributed by atoms with Crippen molar-refractivity contribution in [2.75, 3.05) is 18.4 Å². The van der Waals surface area contributed by atoms with E-state index in [1.165, 1.54) is 6.20 Å². The van der Waals surface area contributed by atoms with Gasteiger partial charge < -0.3 is 10.6 Å². The fourth-order valence-electron chi connectivity index (χ4n) is 1.67. The molecule has 0 unspecified atom stereocenters. The van der Waals surface area contributed by atoms with Crippen molar-refractivity contribution in [1.82, 2.24) is 10.3 Å². The Balaban J connectivity index is 2.09. The molecule has 1 saturated heterocycles. The van der Waals surface area contributed by atoms with E-state index in [-0.39, 0.29) is 11.9 Å². The summed E-state index contributed by atoms with van der Waals surface area (Å²) >= 11 is 0. The van der Waals surface area contributed by atoms with Gasteiger partial charge in [-0.25, -0.2) is 4.98 Å². The maximum atomic E-state index is 12.4. The molecule has 3 nitrogen and oxygen atoms in total. The van der Waals surface area contributed by atoms with Crippen LogP contribution in [-0.2, 0) is 6.18 Å². The summed E-state index contributed by atoms with van der Waals surface area (Å²) in [5.74, 6) is 0.281. The zero-order valence-electron chi connectivity index (χ0n) is 8.51. The molecule has 6 heteroatoms. The smallest absolute Gasteiger partial charge is 0.366 e. The van der Waals surface area contributed by atoms with E-state index in [9.17, 15) is 13.2 Å². The van der Waals surface area contributed by atoms with Gasteiger partial charge in [-0.2, -0.15) is 13.2 Å². The van der Waals surface area contributed by atoms with E-state index >= 15 is 0 Å². The van der Waals surface area contributed by atoms with Crippen LogP contribution in [0.1, 0.15) is 12.0 Å². The molecule has 0 aromatic carbocycles. The van der Waals surface area contributed by atoms with Crippen LogP contribution in [0.3, 0.4) is 0 Å². The first-order valence-electron chi connectivity index (χ1n) is 5.06.